The second kappa shape index (κ2) is 13.3. The summed E-state index contributed by atoms with van der Waals surface area (Å²) in [4.78, 5) is 48.7. The standard InChI is InChI=1S/C30H33BrO12/c1-17(32)39-16-30(42-20(4)35)28(41-19(3)34)27(40-18(2)33)15-29(36-5,43-30)23-7-8-24(31)22(14-23)12-21-6-9-25-26(13-21)38-11-10-37-25/h6-9,13-14,27-28H,10-12,15-16H2,1-5H3/t27-,28+,29?,30-/m0/s1. The third-order valence-electron chi connectivity index (χ3n) is 6.80. The lowest BCUT2D eigenvalue weighted by atomic mass is 9.87. The van der Waals surface area contributed by atoms with Crippen molar-refractivity contribution in [1.82, 2.24) is 0 Å². The number of hydrogen-bond acceptors (Lipinski definition) is 12. The number of esters is 4. The molecule has 0 bridgehead atoms. The van der Waals surface area contributed by atoms with Crippen LogP contribution in [-0.4, -0.2) is 68.8 Å². The van der Waals surface area contributed by atoms with Crippen molar-refractivity contribution in [2.24, 2.45) is 0 Å². The molecular formula is C30H33BrO12. The van der Waals surface area contributed by atoms with Gasteiger partial charge in [-0.15, -0.1) is 0 Å². The molecule has 4 atom stereocenters. The van der Waals surface area contributed by atoms with Crippen molar-refractivity contribution in [3.63, 3.8) is 0 Å². The number of halogens is 1. The highest BCUT2D eigenvalue weighted by atomic mass is 79.9. The molecule has 4 rings (SSSR count). The zero-order valence-corrected chi connectivity index (χ0v) is 26.0. The van der Waals surface area contributed by atoms with Gasteiger partial charge in [0.15, 0.2) is 24.2 Å². The first-order chi connectivity index (χ1) is 20.4. The van der Waals surface area contributed by atoms with E-state index < -0.39 is 54.3 Å². The van der Waals surface area contributed by atoms with E-state index >= 15 is 0 Å². The van der Waals surface area contributed by atoms with Gasteiger partial charge < -0.3 is 33.2 Å². The Balaban J connectivity index is 1.80. The number of ether oxygens (including phenoxy) is 8. The first-order valence-corrected chi connectivity index (χ1v) is 14.3. The summed E-state index contributed by atoms with van der Waals surface area (Å²) in [6.45, 7) is 4.82. The maximum absolute atomic E-state index is 12.4. The molecule has 2 aliphatic heterocycles. The van der Waals surface area contributed by atoms with Gasteiger partial charge in [-0.1, -0.05) is 28.1 Å². The van der Waals surface area contributed by atoms with Crippen LogP contribution in [0.15, 0.2) is 40.9 Å². The van der Waals surface area contributed by atoms with Crippen LogP contribution >= 0.6 is 15.9 Å². The average molecular weight is 665 g/mol. The van der Waals surface area contributed by atoms with Crippen LogP contribution in [0.25, 0.3) is 0 Å². The molecule has 1 saturated heterocycles. The predicted molar refractivity (Wildman–Crippen MR) is 151 cm³/mol. The maximum atomic E-state index is 12.4. The molecule has 12 nitrogen and oxygen atoms in total. The third kappa shape index (κ3) is 7.46. The average Bonchev–Trinajstić information content (AvgIpc) is 2.94. The van der Waals surface area contributed by atoms with Crippen molar-refractivity contribution in [1.29, 1.82) is 0 Å². The van der Waals surface area contributed by atoms with E-state index in [-0.39, 0.29) is 6.42 Å². The molecule has 1 unspecified atom stereocenters. The van der Waals surface area contributed by atoms with Crippen LogP contribution in [0.2, 0.25) is 0 Å². The summed E-state index contributed by atoms with van der Waals surface area (Å²) in [6, 6.07) is 11.0. The first kappa shape index (κ1) is 32.2. The van der Waals surface area contributed by atoms with E-state index in [9.17, 15) is 19.2 Å². The van der Waals surface area contributed by atoms with Gasteiger partial charge in [0.05, 0.1) is 0 Å². The zero-order valence-electron chi connectivity index (χ0n) is 24.4. The molecule has 13 heteroatoms. The van der Waals surface area contributed by atoms with E-state index in [1.807, 2.05) is 24.3 Å². The van der Waals surface area contributed by atoms with E-state index in [2.05, 4.69) is 15.9 Å². The molecule has 2 aromatic rings. The summed E-state index contributed by atoms with van der Waals surface area (Å²) in [5, 5.41) is 0. The smallest absolute Gasteiger partial charge is 0.305 e. The first-order valence-electron chi connectivity index (χ1n) is 13.5. The molecule has 0 N–H and O–H groups in total. The van der Waals surface area contributed by atoms with Crippen LogP contribution in [0.4, 0.5) is 0 Å². The van der Waals surface area contributed by atoms with Crippen molar-refractivity contribution < 1.29 is 57.1 Å². The topological polar surface area (TPSA) is 142 Å². The number of hydrogen-bond donors (Lipinski definition) is 0. The highest BCUT2D eigenvalue weighted by molar-refractivity contribution is 9.10. The Morgan fingerprint density at radius 2 is 1.58 bits per heavy atom. The zero-order chi connectivity index (χ0) is 31.4. The largest absolute Gasteiger partial charge is 0.486 e. The van der Waals surface area contributed by atoms with E-state index in [1.165, 1.54) is 14.0 Å². The van der Waals surface area contributed by atoms with Crippen molar-refractivity contribution >= 4 is 39.8 Å². The third-order valence-corrected chi connectivity index (χ3v) is 7.57. The van der Waals surface area contributed by atoms with Crippen LogP contribution < -0.4 is 9.47 Å². The van der Waals surface area contributed by atoms with Crippen LogP contribution in [0.3, 0.4) is 0 Å². The van der Waals surface area contributed by atoms with Gasteiger partial charge in [-0.25, -0.2) is 0 Å². The number of benzene rings is 2. The molecular weight excluding hydrogens is 632 g/mol. The molecule has 232 valence electrons. The van der Waals surface area contributed by atoms with Crippen molar-refractivity contribution in [3.05, 3.63) is 57.6 Å². The number of carbonyl (C=O) groups excluding carboxylic acids is 4. The molecule has 0 aliphatic carbocycles. The van der Waals surface area contributed by atoms with E-state index in [0.717, 1.165) is 36.4 Å². The molecule has 2 aliphatic rings. The summed E-state index contributed by atoms with van der Waals surface area (Å²) in [7, 11) is 1.36. The molecule has 1 fully saturated rings. The molecule has 0 amide bonds. The number of methoxy groups -OCH3 is 1. The fourth-order valence-electron chi connectivity index (χ4n) is 5.14. The van der Waals surface area contributed by atoms with Crippen molar-refractivity contribution in [2.45, 2.75) is 64.3 Å². The predicted octanol–water partition coefficient (Wildman–Crippen LogP) is 3.72. The Labute approximate surface area is 256 Å². The highest BCUT2D eigenvalue weighted by Gasteiger charge is 2.63. The fourth-order valence-corrected chi connectivity index (χ4v) is 5.53. The second-order valence-electron chi connectivity index (χ2n) is 10.1. The Bertz CT molecular complexity index is 1390. The minimum absolute atomic E-state index is 0.171. The van der Waals surface area contributed by atoms with Crippen LogP contribution in [-0.2, 0) is 59.8 Å². The lowest BCUT2D eigenvalue weighted by Crippen LogP contribution is -2.67. The molecule has 2 heterocycles. The van der Waals surface area contributed by atoms with Gasteiger partial charge >= 0.3 is 23.9 Å². The van der Waals surface area contributed by atoms with Crippen molar-refractivity contribution in [3.8, 4) is 11.5 Å². The fraction of sp³-hybridized carbons (Fsp3) is 0.467. The molecule has 0 saturated carbocycles. The summed E-state index contributed by atoms with van der Waals surface area (Å²) in [6.07, 6.45) is -2.45. The lowest BCUT2D eigenvalue weighted by Gasteiger charge is -2.51. The van der Waals surface area contributed by atoms with Gasteiger partial charge in [-0.05, 0) is 41.8 Å². The normalized spacial score (nSPS) is 24.4. The Kier molecular flexibility index (Phi) is 9.98. The SMILES string of the molecule is COC1(c2ccc(Br)c(Cc3ccc4c(c3)OCCO4)c2)C[C@H](OC(C)=O)[C@@H](OC(C)=O)[C@@](COC(C)=O)(OC(C)=O)O1. The minimum Gasteiger partial charge on any atom is -0.486 e. The van der Waals surface area contributed by atoms with Crippen LogP contribution in [0, 0.1) is 0 Å². The Morgan fingerprint density at radius 3 is 2.21 bits per heavy atom. The Hall–Kier alpha value is -3.68. The van der Waals surface area contributed by atoms with Gasteiger partial charge in [0.1, 0.15) is 13.2 Å². The highest BCUT2D eigenvalue weighted by Crippen LogP contribution is 2.47. The summed E-state index contributed by atoms with van der Waals surface area (Å²) < 4.78 is 46.5. The van der Waals surface area contributed by atoms with Crippen LogP contribution in [0.5, 0.6) is 11.5 Å². The number of carbonyl (C=O) groups is 4. The van der Waals surface area contributed by atoms with Gasteiger partial charge in [0, 0.05) is 51.3 Å². The molecule has 2 aromatic carbocycles. The van der Waals surface area contributed by atoms with Gasteiger partial charge in [-0.3, -0.25) is 23.9 Å². The summed E-state index contributed by atoms with van der Waals surface area (Å²) in [5.74, 6) is -5.70. The summed E-state index contributed by atoms with van der Waals surface area (Å²) >= 11 is 3.61. The lowest BCUT2D eigenvalue weighted by molar-refractivity contribution is -0.418. The molecule has 0 spiro atoms. The minimum atomic E-state index is -2.25. The van der Waals surface area contributed by atoms with E-state index in [1.54, 1.807) is 12.1 Å². The van der Waals surface area contributed by atoms with Gasteiger partial charge in [-0.2, -0.15) is 0 Å². The second-order valence-corrected chi connectivity index (χ2v) is 10.9. The molecule has 0 radical (unpaired) electrons. The van der Waals surface area contributed by atoms with Gasteiger partial charge in [0.2, 0.25) is 11.9 Å². The van der Waals surface area contributed by atoms with Crippen molar-refractivity contribution in [2.75, 3.05) is 26.9 Å². The number of fused-ring (bicyclic) bond motifs is 1. The molecule has 0 aromatic heterocycles. The van der Waals surface area contributed by atoms with Crippen LogP contribution in [0.1, 0.15) is 50.8 Å². The number of rotatable bonds is 9. The summed E-state index contributed by atoms with van der Waals surface area (Å²) in [5.41, 5.74) is 2.23. The van der Waals surface area contributed by atoms with E-state index in [4.69, 9.17) is 37.9 Å². The maximum Gasteiger partial charge on any atom is 0.305 e. The Morgan fingerprint density at radius 1 is 0.884 bits per heavy atom. The van der Waals surface area contributed by atoms with Gasteiger partial charge in [0.25, 0.3) is 5.79 Å². The quantitative estimate of drug-likeness (QED) is 0.285. The monoisotopic (exact) mass is 664 g/mol. The van der Waals surface area contributed by atoms with E-state index in [0.29, 0.717) is 36.7 Å². The molecule has 43 heavy (non-hydrogen) atoms.